The van der Waals surface area contributed by atoms with E-state index in [1.54, 1.807) is 0 Å². The Morgan fingerprint density at radius 2 is 1.15 bits per heavy atom. The third-order valence-electron chi connectivity index (χ3n) is 3.18. The van der Waals surface area contributed by atoms with Crippen molar-refractivity contribution in [2.75, 3.05) is 0 Å². The Bertz CT molecular complexity index is 466. The molecular weight excluding hydrogens is 240 g/mol. The van der Waals surface area contributed by atoms with E-state index in [1.807, 2.05) is 6.07 Å². The molecule has 0 aromatic heterocycles. The van der Waals surface area contributed by atoms with E-state index < -0.39 is 0 Å². The lowest BCUT2D eigenvalue weighted by Crippen LogP contribution is -1.86. The van der Waals surface area contributed by atoms with Crippen LogP contribution in [0.15, 0.2) is 54.6 Å². The summed E-state index contributed by atoms with van der Waals surface area (Å²) in [6.45, 7) is 11.0. The summed E-state index contributed by atoms with van der Waals surface area (Å²) in [5.41, 5.74) is 4.20. The Balaban J connectivity index is 0.000000345. The van der Waals surface area contributed by atoms with Crippen molar-refractivity contribution in [2.45, 2.75) is 53.9 Å². The Kier molecular flexibility index (Phi) is 8.63. The summed E-state index contributed by atoms with van der Waals surface area (Å²) in [5, 5.41) is 0. The summed E-state index contributed by atoms with van der Waals surface area (Å²) in [4.78, 5) is 0. The summed E-state index contributed by atoms with van der Waals surface area (Å²) in [7, 11) is 0. The Hall–Kier alpha value is -1.56. The Morgan fingerprint density at radius 1 is 0.650 bits per heavy atom. The van der Waals surface area contributed by atoms with E-state index in [1.165, 1.54) is 16.7 Å². The second kappa shape index (κ2) is 9.36. The van der Waals surface area contributed by atoms with Crippen molar-refractivity contribution in [3.05, 3.63) is 71.3 Å². The quantitative estimate of drug-likeness (QED) is 0.579. The van der Waals surface area contributed by atoms with Gasteiger partial charge in [-0.1, -0.05) is 95.3 Å². The van der Waals surface area contributed by atoms with Gasteiger partial charge in [0.1, 0.15) is 0 Å². The largest absolute Gasteiger partial charge is 0.0776 e. The van der Waals surface area contributed by atoms with E-state index in [2.05, 4.69) is 83.1 Å². The highest BCUT2D eigenvalue weighted by Gasteiger charge is 1.96. The zero-order valence-corrected chi connectivity index (χ0v) is 12.9. The number of aryl methyl sites for hydroxylation is 1. The highest BCUT2D eigenvalue weighted by atomic mass is 14.0. The van der Waals surface area contributed by atoms with Gasteiger partial charge in [-0.15, -0.1) is 0 Å². The van der Waals surface area contributed by atoms with Crippen LogP contribution in [0.1, 0.15) is 63.6 Å². The Labute approximate surface area is 125 Å². The molecule has 0 spiro atoms. The van der Waals surface area contributed by atoms with E-state index in [9.17, 15) is 0 Å². The maximum absolute atomic E-state index is 2.24. The van der Waals surface area contributed by atoms with Crippen molar-refractivity contribution < 1.29 is 0 Å². The molecule has 0 N–H and O–H groups in total. The van der Waals surface area contributed by atoms with Gasteiger partial charge in [0.2, 0.25) is 0 Å². The minimum absolute atomic E-state index is 0. The first-order valence-corrected chi connectivity index (χ1v) is 7.12. The van der Waals surface area contributed by atoms with Gasteiger partial charge >= 0.3 is 0 Å². The molecule has 0 amide bonds. The molecule has 2 rings (SSSR count). The number of rotatable bonds is 2. The fraction of sp³-hybridized carbons (Fsp3) is 0.400. The van der Waals surface area contributed by atoms with Crippen LogP contribution in [0.25, 0.3) is 0 Å². The maximum atomic E-state index is 2.24. The molecule has 2 aromatic carbocycles. The predicted molar refractivity (Wildman–Crippen MR) is 92.5 cm³/mol. The molecule has 0 saturated heterocycles. The fourth-order valence-electron chi connectivity index (χ4n) is 1.87. The molecule has 2 aromatic rings. The molecule has 0 saturated carbocycles. The summed E-state index contributed by atoms with van der Waals surface area (Å²) >= 11 is 0. The zero-order chi connectivity index (χ0) is 14.3. The summed E-state index contributed by atoms with van der Waals surface area (Å²) in [5.74, 6) is 1.31. The van der Waals surface area contributed by atoms with Gasteiger partial charge in [-0.3, -0.25) is 0 Å². The maximum Gasteiger partial charge on any atom is -0.0219 e. The van der Waals surface area contributed by atoms with Gasteiger partial charge in [-0.2, -0.15) is 0 Å². The number of hydrogen-bond donors (Lipinski definition) is 0. The van der Waals surface area contributed by atoms with Crippen LogP contribution >= 0.6 is 0 Å². The van der Waals surface area contributed by atoms with E-state index in [0.717, 1.165) is 0 Å². The summed E-state index contributed by atoms with van der Waals surface area (Å²) in [6.07, 6.45) is 0. The summed E-state index contributed by atoms with van der Waals surface area (Å²) < 4.78 is 0. The van der Waals surface area contributed by atoms with Crippen LogP contribution in [0.3, 0.4) is 0 Å². The highest BCUT2D eigenvalue weighted by Crippen LogP contribution is 2.14. The molecule has 0 aliphatic carbocycles. The molecule has 0 atom stereocenters. The summed E-state index contributed by atoms with van der Waals surface area (Å²) in [6, 6.07) is 19.2. The number of hydrogen-bond acceptors (Lipinski definition) is 0. The van der Waals surface area contributed by atoms with E-state index in [4.69, 9.17) is 0 Å². The van der Waals surface area contributed by atoms with Gasteiger partial charge < -0.3 is 0 Å². The first kappa shape index (κ1) is 18.4. The smallest absolute Gasteiger partial charge is 0.0219 e. The molecule has 0 fully saturated rings. The van der Waals surface area contributed by atoms with Crippen molar-refractivity contribution in [1.29, 1.82) is 0 Å². The lowest BCUT2D eigenvalue weighted by molar-refractivity contribution is 0.865. The predicted octanol–water partition coefficient (Wildman–Crippen LogP) is 6.56. The fourth-order valence-corrected chi connectivity index (χ4v) is 1.87. The zero-order valence-electron chi connectivity index (χ0n) is 12.9. The topological polar surface area (TPSA) is 0 Å². The average molecular weight is 270 g/mol. The van der Waals surface area contributed by atoms with Crippen LogP contribution in [-0.2, 0) is 0 Å². The van der Waals surface area contributed by atoms with Crippen molar-refractivity contribution in [2.24, 2.45) is 0 Å². The molecule has 0 unspecified atom stereocenters. The van der Waals surface area contributed by atoms with E-state index in [0.29, 0.717) is 11.8 Å². The second-order valence-electron chi connectivity index (χ2n) is 5.63. The molecular formula is C20H30. The lowest BCUT2D eigenvalue weighted by atomic mass is 10.0. The van der Waals surface area contributed by atoms with Crippen molar-refractivity contribution >= 4 is 0 Å². The molecule has 110 valence electrons. The highest BCUT2D eigenvalue weighted by molar-refractivity contribution is 5.24. The third-order valence-corrected chi connectivity index (χ3v) is 3.18. The van der Waals surface area contributed by atoms with E-state index in [-0.39, 0.29) is 7.43 Å². The second-order valence-corrected chi connectivity index (χ2v) is 5.63. The standard InChI is InChI=1S/C10H14.C9H12.CH4/c1-8(2)10-6-4-5-9(3)7-10;1-8(2)9-6-4-3-5-7-9;/h4-8H,1-3H3;3-8H,1-2H3;1H4. The SMILES string of the molecule is C.CC(C)c1ccccc1.Cc1cccc(C(C)C)c1. The minimum Gasteiger partial charge on any atom is -0.0776 e. The van der Waals surface area contributed by atoms with Crippen molar-refractivity contribution in [1.82, 2.24) is 0 Å². The Morgan fingerprint density at radius 3 is 1.50 bits per heavy atom. The van der Waals surface area contributed by atoms with Crippen LogP contribution in [0.5, 0.6) is 0 Å². The minimum atomic E-state index is 0. The normalized spacial score (nSPS) is 9.75. The molecule has 0 aliphatic heterocycles. The molecule has 0 radical (unpaired) electrons. The molecule has 20 heavy (non-hydrogen) atoms. The van der Waals surface area contributed by atoms with Crippen LogP contribution in [0.2, 0.25) is 0 Å². The molecule has 0 bridgehead atoms. The first-order valence-electron chi connectivity index (χ1n) is 7.12. The van der Waals surface area contributed by atoms with Gasteiger partial charge in [0.05, 0.1) is 0 Å². The molecule has 0 heteroatoms. The van der Waals surface area contributed by atoms with Crippen LogP contribution in [0, 0.1) is 6.92 Å². The van der Waals surface area contributed by atoms with Gasteiger partial charge in [0.25, 0.3) is 0 Å². The number of benzene rings is 2. The van der Waals surface area contributed by atoms with Crippen molar-refractivity contribution in [3.63, 3.8) is 0 Å². The van der Waals surface area contributed by atoms with Gasteiger partial charge in [-0.05, 0) is 29.9 Å². The average Bonchev–Trinajstić information content (AvgIpc) is 2.40. The van der Waals surface area contributed by atoms with Crippen LogP contribution < -0.4 is 0 Å². The van der Waals surface area contributed by atoms with Gasteiger partial charge in [0.15, 0.2) is 0 Å². The molecule has 0 heterocycles. The van der Waals surface area contributed by atoms with Crippen LogP contribution in [0.4, 0.5) is 0 Å². The molecule has 0 aliphatic rings. The van der Waals surface area contributed by atoms with Crippen molar-refractivity contribution in [3.8, 4) is 0 Å². The monoisotopic (exact) mass is 270 g/mol. The molecule has 0 nitrogen and oxygen atoms in total. The van der Waals surface area contributed by atoms with Crippen LogP contribution in [-0.4, -0.2) is 0 Å². The van der Waals surface area contributed by atoms with Gasteiger partial charge in [-0.25, -0.2) is 0 Å². The van der Waals surface area contributed by atoms with E-state index >= 15 is 0 Å². The van der Waals surface area contributed by atoms with Gasteiger partial charge in [0, 0.05) is 0 Å². The first-order chi connectivity index (χ1) is 9.00. The third kappa shape index (κ3) is 6.56. The lowest BCUT2D eigenvalue weighted by Gasteiger charge is -2.04.